The van der Waals surface area contributed by atoms with E-state index >= 15 is 0 Å². The molecule has 1 aromatic rings. The van der Waals surface area contributed by atoms with Gasteiger partial charge in [0.1, 0.15) is 5.75 Å². The zero-order valence-electron chi connectivity index (χ0n) is 6.13. The summed E-state index contributed by atoms with van der Waals surface area (Å²) in [4.78, 5) is 15.0. The lowest BCUT2D eigenvalue weighted by Gasteiger charge is -1.97. The van der Waals surface area contributed by atoms with E-state index in [2.05, 4.69) is 4.98 Å². The van der Waals surface area contributed by atoms with Crippen molar-refractivity contribution in [2.45, 2.75) is 6.92 Å². The normalized spacial score (nSPS) is 14.5. The lowest BCUT2D eigenvalue weighted by molar-refractivity contribution is 0.0961. The fourth-order valence-corrected chi connectivity index (χ4v) is 1.22. The van der Waals surface area contributed by atoms with Gasteiger partial charge in [0, 0.05) is 6.20 Å². The van der Waals surface area contributed by atoms with Crippen molar-refractivity contribution in [1.29, 1.82) is 0 Å². The summed E-state index contributed by atoms with van der Waals surface area (Å²) in [6, 6.07) is 0. The topological polar surface area (TPSA) is 39.2 Å². The van der Waals surface area contributed by atoms with E-state index < -0.39 is 0 Å². The monoisotopic (exact) mass is 149 g/mol. The Balaban J connectivity index is 2.68. The third-order valence-electron chi connectivity index (χ3n) is 1.74. The predicted octanol–water partition coefficient (Wildman–Crippen LogP) is 0.965. The molecular weight excluding hydrogens is 142 g/mol. The fraction of sp³-hybridized carbons (Fsp3) is 0.250. The molecule has 0 aliphatic carbocycles. The molecule has 0 spiro atoms. The van der Waals surface area contributed by atoms with Crippen LogP contribution in [0.4, 0.5) is 0 Å². The maximum absolute atomic E-state index is 11.1. The highest BCUT2D eigenvalue weighted by Gasteiger charge is 2.22. The summed E-state index contributed by atoms with van der Waals surface area (Å²) >= 11 is 0. The van der Waals surface area contributed by atoms with Gasteiger partial charge in [0.2, 0.25) is 5.78 Å². The van der Waals surface area contributed by atoms with Crippen LogP contribution in [0.1, 0.15) is 15.9 Å². The van der Waals surface area contributed by atoms with Crippen LogP contribution < -0.4 is 4.74 Å². The van der Waals surface area contributed by atoms with Gasteiger partial charge in [-0.15, -0.1) is 0 Å². The zero-order chi connectivity index (χ0) is 7.84. The van der Waals surface area contributed by atoms with Crippen LogP contribution in [-0.2, 0) is 0 Å². The lowest BCUT2D eigenvalue weighted by atomic mass is 10.1. The molecule has 0 aromatic carbocycles. The number of fused-ring (bicyclic) bond motifs is 1. The van der Waals surface area contributed by atoms with E-state index in [1.54, 1.807) is 12.4 Å². The van der Waals surface area contributed by atoms with Crippen LogP contribution in [0, 0.1) is 6.92 Å². The molecule has 2 rings (SSSR count). The van der Waals surface area contributed by atoms with E-state index in [4.69, 9.17) is 4.74 Å². The number of aromatic nitrogens is 1. The summed E-state index contributed by atoms with van der Waals surface area (Å²) in [5, 5.41) is 0. The molecule has 0 radical (unpaired) electrons. The van der Waals surface area contributed by atoms with Gasteiger partial charge in [0.15, 0.2) is 6.61 Å². The molecule has 0 N–H and O–H groups in total. The van der Waals surface area contributed by atoms with Gasteiger partial charge >= 0.3 is 0 Å². The number of carbonyl (C=O) groups excluding carboxylic acids is 1. The highest BCUT2D eigenvalue weighted by Crippen LogP contribution is 2.25. The Labute approximate surface area is 64.0 Å². The number of ether oxygens (including phenoxy) is 1. The Morgan fingerprint density at radius 2 is 2.36 bits per heavy atom. The van der Waals surface area contributed by atoms with Crippen LogP contribution in [0.5, 0.6) is 5.75 Å². The van der Waals surface area contributed by atoms with Crippen molar-refractivity contribution in [3.05, 3.63) is 23.5 Å². The average molecular weight is 149 g/mol. The number of nitrogens with zero attached hydrogens (tertiary/aromatic N) is 1. The first kappa shape index (κ1) is 6.34. The number of hydrogen-bond donors (Lipinski definition) is 0. The Kier molecular flexibility index (Phi) is 1.18. The first-order valence-corrected chi connectivity index (χ1v) is 3.39. The summed E-state index contributed by atoms with van der Waals surface area (Å²) < 4.78 is 5.08. The fourth-order valence-electron chi connectivity index (χ4n) is 1.22. The number of ketones is 1. The smallest absolute Gasteiger partial charge is 0.204 e. The van der Waals surface area contributed by atoms with Crippen molar-refractivity contribution < 1.29 is 9.53 Å². The van der Waals surface area contributed by atoms with Crippen molar-refractivity contribution in [3.63, 3.8) is 0 Å². The number of rotatable bonds is 0. The Bertz CT molecular complexity index is 320. The molecule has 0 bridgehead atoms. The van der Waals surface area contributed by atoms with Crippen molar-refractivity contribution in [1.82, 2.24) is 4.98 Å². The van der Waals surface area contributed by atoms with Crippen LogP contribution >= 0.6 is 0 Å². The molecular formula is C8H7NO2. The van der Waals surface area contributed by atoms with Gasteiger partial charge in [0.05, 0.1) is 11.8 Å². The van der Waals surface area contributed by atoms with Gasteiger partial charge in [-0.2, -0.15) is 0 Å². The van der Waals surface area contributed by atoms with E-state index in [0.717, 1.165) is 5.56 Å². The zero-order valence-corrected chi connectivity index (χ0v) is 6.13. The van der Waals surface area contributed by atoms with E-state index in [9.17, 15) is 4.79 Å². The van der Waals surface area contributed by atoms with Crippen LogP contribution in [-0.4, -0.2) is 17.4 Å². The Hall–Kier alpha value is -1.38. The number of pyridine rings is 1. The standard InChI is InChI=1S/C8H7NO2/c1-5-2-9-3-7-8(5)6(10)4-11-7/h2-3H,4H2,1H3. The molecule has 11 heavy (non-hydrogen) atoms. The molecule has 1 aliphatic heterocycles. The molecule has 0 amide bonds. The Morgan fingerprint density at radius 3 is 3.09 bits per heavy atom. The molecule has 3 heteroatoms. The number of carbonyl (C=O) groups is 1. The van der Waals surface area contributed by atoms with Gasteiger partial charge in [0.25, 0.3) is 0 Å². The van der Waals surface area contributed by atoms with Gasteiger partial charge in [-0.3, -0.25) is 9.78 Å². The highest BCUT2D eigenvalue weighted by atomic mass is 16.5. The summed E-state index contributed by atoms with van der Waals surface area (Å²) in [6.07, 6.45) is 3.25. The van der Waals surface area contributed by atoms with Crippen molar-refractivity contribution >= 4 is 5.78 Å². The summed E-state index contributed by atoms with van der Waals surface area (Å²) in [7, 11) is 0. The number of aryl methyl sites for hydroxylation is 1. The quantitative estimate of drug-likeness (QED) is 0.551. The molecule has 0 saturated heterocycles. The lowest BCUT2D eigenvalue weighted by Crippen LogP contribution is -2.00. The Morgan fingerprint density at radius 1 is 1.55 bits per heavy atom. The maximum atomic E-state index is 11.1. The van der Waals surface area contributed by atoms with Crippen LogP contribution in [0.3, 0.4) is 0 Å². The third kappa shape index (κ3) is 0.808. The minimum absolute atomic E-state index is 0.0555. The van der Waals surface area contributed by atoms with Gasteiger partial charge in [-0.25, -0.2) is 0 Å². The third-order valence-corrected chi connectivity index (χ3v) is 1.74. The van der Waals surface area contributed by atoms with E-state index in [1.165, 1.54) is 0 Å². The van der Waals surface area contributed by atoms with Crippen LogP contribution in [0.25, 0.3) is 0 Å². The molecule has 0 unspecified atom stereocenters. The second kappa shape index (κ2) is 2.05. The molecule has 0 atom stereocenters. The molecule has 1 aliphatic rings. The summed E-state index contributed by atoms with van der Waals surface area (Å²) in [5.74, 6) is 0.676. The van der Waals surface area contributed by atoms with Crippen LogP contribution in [0.2, 0.25) is 0 Å². The first-order valence-electron chi connectivity index (χ1n) is 3.39. The van der Waals surface area contributed by atoms with Gasteiger partial charge in [-0.1, -0.05) is 0 Å². The molecule has 2 heterocycles. The molecule has 1 aromatic heterocycles. The van der Waals surface area contributed by atoms with Crippen molar-refractivity contribution in [3.8, 4) is 5.75 Å². The number of Topliss-reactive ketones (excluding diaryl/α,β-unsaturated/α-hetero) is 1. The predicted molar refractivity (Wildman–Crippen MR) is 38.8 cm³/mol. The number of hydrogen-bond acceptors (Lipinski definition) is 3. The maximum Gasteiger partial charge on any atom is 0.204 e. The second-order valence-electron chi connectivity index (χ2n) is 2.54. The summed E-state index contributed by atoms with van der Waals surface area (Å²) in [6.45, 7) is 2.03. The molecule has 3 nitrogen and oxygen atoms in total. The first-order chi connectivity index (χ1) is 5.29. The largest absolute Gasteiger partial charge is 0.483 e. The van der Waals surface area contributed by atoms with Gasteiger partial charge < -0.3 is 4.74 Å². The minimum Gasteiger partial charge on any atom is -0.483 e. The van der Waals surface area contributed by atoms with Gasteiger partial charge in [-0.05, 0) is 12.5 Å². The molecule has 0 fully saturated rings. The van der Waals surface area contributed by atoms with E-state index in [1.807, 2.05) is 6.92 Å². The second-order valence-corrected chi connectivity index (χ2v) is 2.54. The van der Waals surface area contributed by atoms with E-state index in [-0.39, 0.29) is 12.4 Å². The summed E-state index contributed by atoms with van der Waals surface area (Å²) in [5.41, 5.74) is 1.59. The SMILES string of the molecule is Cc1cncc2c1C(=O)CO2. The molecule has 56 valence electrons. The minimum atomic E-state index is 0.0555. The van der Waals surface area contributed by atoms with Crippen molar-refractivity contribution in [2.75, 3.05) is 6.61 Å². The van der Waals surface area contributed by atoms with Crippen molar-refractivity contribution in [2.24, 2.45) is 0 Å². The highest BCUT2D eigenvalue weighted by molar-refractivity contribution is 6.03. The molecule has 0 saturated carbocycles. The average Bonchev–Trinajstić information content (AvgIpc) is 2.34. The van der Waals surface area contributed by atoms with Crippen LogP contribution in [0.15, 0.2) is 12.4 Å². The van der Waals surface area contributed by atoms with E-state index in [0.29, 0.717) is 11.3 Å².